The van der Waals surface area contributed by atoms with Crippen LogP contribution in [0.1, 0.15) is 70.3 Å². The van der Waals surface area contributed by atoms with E-state index in [9.17, 15) is 9.59 Å². The molecular weight excluding hydrogens is 422 g/mol. The molecule has 0 fully saturated rings. The Labute approximate surface area is 195 Å². The molecule has 0 aliphatic carbocycles. The van der Waals surface area contributed by atoms with Gasteiger partial charge in [-0.1, -0.05) is 56.5 Å². The molecule has 5 nitrogen and oxygen atoms in total. The number of hydrogen-bond acceptors (Lipinski definition) is 3. The lowest BCUT2D eigenvalue weighted by Gasteiger charge is -2.31. The maximum absolute atomic E-state index is 13.7. The topological polar surface area (TPSA) is 55.2 Å². The number of rotatable bonds is 9. The van der Waals surface area contributed by atoms with E-state index in [1.807, 2.05) is 62.1 Å². The quantitative estimate of drug-likeness (QED) is 0.361. The van der Waals surface area contributed by atoms with Gasteiger partial charge in [0.2, 0.25) is 5.91 Å². The van der Waals surface area contributed by atoms with Crippen molar-refractivity contribution in [2.24, 2.45) is 0 Å². The van der Waals surface area contributed by atoms with Gasteiger partial charge in [-0.2, -0.15) is 0 Å². The Balaban J connectivity index is 2.24. The van der Waals surface area contributed by atoms with Crippen LogP contribution in [-0.2, 0) is 4.79 Å². The molecule has 32 heavy (non-hydrogen) atoms. The van der Waals surface area contributed by atoms with E-state index in [1.54, 1.807) is 10.6 Å². The first-order chi connectivity index (χ1) is 15.4. The van der Waals surface area contributed by atoms with Crippen LogP contribution in [0.25, 0.3) is 16.6 Å². The zero-order valence-electron chi connectivity index (χ0n) is 19.4. The summed E-state index contributed by atoms with van der Waals surface area (Å²) in [5.74, 6) is 0.646. The van der Waals surface area contributed by atoms with Crippen molar-refractivity contribution in [1.29, 1.82) is 0 Å². The molecule has 1 aromatic heterocycles. The first kappa shape index (κ1) is 24.0. The SMILES string of the molecule is CCCCCN(C(=O)CCC)C(C)c1nc2ccccc2c(=O)n1-c1cccc(Cl)c1C. The van der Waals surface area contributed by atoms with Crippen molar-refractivity contribution < 1.29 is 4.79 Å². The lowest BCUT2D eigenvalue weighted by Crippen LogP contribution is -2.38. The summed E-state index contributed by atoms with van der Waals surface area (Å²) in [4.78, 5) is 33.5. The summed E-state index contributed by atoms with van der Waals surface area (Å²) in [6, 6.07) is 12.5. The van der Waals surface area contributed by atoms with Gasteiger partial charge in [-0.25, -0.2) is 4.98 Å². The number of benzene rings is 2. The van der Waals surface area contributed by atoms with Crippen LogP contribution >= 0.6 is 11.6 Å². The van der Waals surface area contributed by atoms with E-state index in [0.29, 0.717) is 40.4 Å². The average Bonchev–Trinajstić information content (AvgIpc) is 2.79. The highest BCUT2D eigenvalue weighted by atomic mass is 35.5. The molecule has 0 saturated carbocycles. The van der Waals surface area contributed by atoms with Crippen molar-refractivity contribution in [1.82, 2.24) is 14.5 Å². The maximum Gasteiger partial charge on any atom is 0.266 e. The van der Waals surface area contributed by atoms with Gasteiger partial charge in [0.1, 0.15) is 5.82 Å². The molecule has 0 spiro atoms. The summed E-state index contributed by atoms with van der Waals surface area (Å²) in [7, 11) is 0. The summed E-state index contributed by atoms with van der Waals surface area (Å²) in [6.45, 7) is 8.66. The molecule has 1 atom stereocenters. The largest absolute Gasteiger partial charge is 0.333 e. The van der Waals surface area contributed by atoms with E-state index < -0.39 is 0 Å². The number of carbonyl (C=O) groups excluding carboxylic acids is 1. The molecule has 2 aromatic carbocycles. The van der Waals surface area contributed by atoms with E-state index in [1.165, 1.54) is 0 Å². The predicted molar refractivity (Wildman–Crippen MR) is 132 cm³/mol. The highest BCUT2D eigenvalue weighted by Gasteiger charge is 2.26. The van der Waals surface area contributed by atoms with E-state index >= 15 is 0 Å². The second-order valence-corrected chi connectivity index (χ2v) is 8.64. The Morgan fingerprint density at radius 3 is 2.56 bits per heavy atom. The summed E-state index contributed by atoms with van der Waals surface area (Å²) in [5, 5.41) is 1.13. The number of halogens is 1. The van der Waals surface area contributed by atoms with E-state index in [2.05, 4.69) is 6.92 Å². The Morgan fingerprint density at radius 2 is 1.84 bits per heavy atom. The van der Waals surface area contributed by atoms with E-state index in [0.717, 1.165) is 31.2 Å². The lowest BCUT2D eigenvalue weighted by molar-refractivity contribution is -0.133. The van der Waals surface area contributed by atoms with Crippen molar-refractivity contribution >= 4 is 28.4 Å². The molecule has 0 bridgehead atoms. The number of amides is 1. The van der Waals surface area contributed by atoms with Crippen molar-refractivity contribution in [2.45, 2.75) is 65.8 Å². The Kier molecular flexibility index (Phi) is 8.08. The number of nitrogens with zero attached hydrogens (tertiary/aromatic N) is 3. The average molecular weight is 454 g/mol. The molecule has 1 unspecified atom stereocenters. The molecule has 0 radical (unpaired) electrons. The predicted octanol–water partition coefficient (Wildman–Crippen LogP) is 6.23. The monoisotopic (exact) mass is 453 g/mol. The van der Waals surface area contributed by atoms with Crippen molar-refractivity contribution in [3.8, 4) is 5.69 Å². The van der Waals surface area contributed by atoms with Crippen LogP contribution in [0.4, 0.5) is 0 Å². The summed E-state index contributed by atoms with van der Waals surface area (Å²) in [6.07, 6.45) is 4.30. The summed E-state index contributed by atoms with van der Waals surface area (Å²) in [5.41, 5.74) is 1.98. The van der Waals surface area contributed by atoms with Gasteiger partial charge in [0, 0.05) is 18.0 Å². The molecule has 3 rings (SSSR count). The first-order valence-electron chi connectivity index (χ1n) is 11.5. The third-order valence-electron chi connectivity index (χ3n) is 5.91. The molecule has 1 heterocycles. The fraction of sp³-hybridized carbons (Fsp3) is 0.423. The van der Waals surface area contributed by atoms with Crippen LogP contribution < -0.4 is 5.56 Å². The van der Waals surface area contributed by atoms with Gasteiger partial charge < -0.3 is 4.90 Å². The third-order valence-corrected chi connectivity index (χ3v) is 6.32. The highest BCUT2D eigenvalue weighted by molar-refractivity contribution is 6.31. The second-order valence-electron chi connectivity index (χ2n) is 8.23. The van der Waals surface area contributed by atoms with Crippen LogP contribution in [0.2, 0.25) is 5.02 Å². The second kappa shape index (κ2) is 10.8. The van der Waals surface area contributed by atoms with Crippen LogP contribution in [-0.4, -0.2) is 26.9 Å². The van der Waals surface area contributed by atoms with Crippen molar-refractivity contribution in [3.63, 3.8) is 0 Å². The van der Waals surface area contributed by atoms with Gasteiger partial charge in [-0.05, 0) is 56.5 Å². The Hall–Kier alpha value is -2.66. The van der Waals surface area contributed by atoms with Gasteiger partial charge in [-0.3, -0.25) is 14.2 Å². The lowest BCUT2D eigenvalue weighted by atomic mass is 10.1. The van der Waals surface area contributed by atoms with Gasteiger partial charge in [-0.15, -0.1) is 0 Å². The highest BCUT2D eigenvalue weighted by Crippen LogP contribution is 2.27. The van der Waals surface area contributed by atoms with Crippen LogP contribution in [0.15, 0.2) is 47.3 Å². The van der Waals surface area contributed by atoms with E-state index in [-0.39, 0.29) is 17.5 Å². The molecule has 0 N–H and O–H groups in total. The zero-order chi connectivity index (χ0) is 23.3. The van der Waals surface area contributed by atoms with Crippen LogP contribution in [0.3, 0.4) is 0 Å². The van der Waals surface area contributed by atoms with Crippen LogP contribution in [0, 0.1) is 6.92 Å². The standard InChI is InChI=1S/C26H32ClN3O2/c1-5-7-10-17-29(24(31)12-6-2)19(4)25-28-22-15-9-8-13-20(22)26(32)30(25)23-16-11-14-21(27)18(23)3/h8-9,11,13-16,19H,5-7,10,12,17H2,1-4H3. The molecular formula is C26H32ClN3O2. The van der Waals surface area contributed by atoms with Gasteiger partial charge in [0.05, 0.1) is 22.6 Å². The van der Waals surface area contributed by atoms with Crippen molar-refractivity contribution in [2.75, 3.05) is 6.54 Å². The number of aromatic nitrogens is 2. The fourth-order valence-corrected chi connectivity index (χ4v) is 4.23. The van der Waals surface area contributed by atoms with Gasteiger partial charge >= 0.3 is 0 Å². The summed E-state index contributed by atoms with van der Waals surface area (Å²) >= 11 is 6.40. The number of para-hydroxylation sites is 1. The minimum atomic E-state index is -0.360. The maximum atomic E-state index is 13.7. The Bertz CT molecular complexity index is 1160. The normalized spacial score (nSPS) is 12.2. The minimum Gasteiger partial charge on any atom is -0.333 e. The smallest absolute Gasteiger partial charge is 0.266 e. The molecule has 3 aromatic rings. The molecule has 0 saturated heterocycles. The summed E-state index contributed by atoms with van der Waals surface area (Å²) < 4.78 is 1.64. The third kappa shape index (κ3) is 4.88. The number of fused-ring (bicyclic) bond motifs is 1. The number of hydrogen-bond donors (Lipinski definition) is 0. The van der Waals surface area contributed by atoms with Crippen LogP contribution in [0.5, 0.6) is 0 Å². The fourth-order valence-electron chi connectivity index (χ4n) is 4.06. The molecule has 6 heteroatoms. The molecule has 0 aliphatic heterocycles. The number of carbonyl (C=O) groups is 1. The molecule has 0 aliphatic rings. The van der Waals surface area contributed by atoms with Crippen molar-refractivity contribution in [3.05, 3.63) is 69.2 Å². The zero-order valence-corrected chi connectivity index (χ0v) is 20.2. The number of unbranched alkanes of at least 4 members (excludes halogenated alkanes) is 2. The first-order valence-corrected chi connectivity index (χ1v) is 11.8. The minimum absolute atomic E-state index is 0.0906. The molecule has 170 valence electrons. The molecule has 1 amide bonds. The van der Waals surface area contributed by atoms with E-state index in [4.69, 9.17) is 16.6 Å². The Morgan fingerprint density at radius 1 is 1.09 bits per heavy atom. The van der Waals surface area contributed by atoms with Gasteiger partial charge in [0.15, 0.2) is 0 Å². The van der Waals surface area contributed by atoms with Gasteiger partial charge in [0.25, 0.3) is 5.56 Å².